The van der Waals surface area contributed by atoms with Crippen molar-refractivity contribution in [3.8, 4) is 0 Å². The van der Waals surface area contributed by atoms with Gasteiger partial charge in [0.1, 0.15) is 13.2 Å². The summed E-state index contributed by atoms with van der Waals surface area (Å²) in [5.74, 6) is -1.01. The summed E-state index contributed by atoms with van der Waals surface area (Å²) in [6, 6.07) is 0. The van der Waals surface area contributed by atoms with E-state index in [2.05, 4.69) is 69.4 Å². The van der Waals surface area contributed by atoms with Crippen molar-refractivity contribution < 1.29 is 28.6 Å². The minimum Gasteiger partial charge on any atom is -0.462 e. The van der Waals surface area contributed by atoms with Crippen LogP contribution in [0.3, 0.4) is 0 Å². The number of hydrogen-bond donors (Lipinski definition) is 0. The summed E-state index contributed by atoms with van der Waals surface area (Å²) >= 11 is 0. The fourth-order valence-corrected chi connectivity index (χ4v) is 4.94. The van der Waals surface area contributed by atoms with Gasteiger partial charge in [0.2, 0.25) is 0 Å². The topological polar surface area (TPSA) is 78.9 Å². The average molecular weight is 659 g/mol. The Morgan fingerprint density at radius 1 is 0.447 bits per heavy atom. The summed E-state index contributed by atoms with van der Waals surface area (Å²) in [5, 5.41) is 0. The van der Waals surface area contributed by atoms with E-state index in [0.29, 0.717) is 19.3 Å². The molecule has 47 heavy (non-hydrogen) atoms. The van der Waals surface area contributed by atoms with Gasteiger partial charge in [0.25, 0.3) is 0 Å². The number of carbonyl (C=O) groups excluding carboxylic acids is 3. The van der Waals surface area contributed by atoms with E-state index in [9.17, 15) is 14.4 Å². The molecule has 0 aromatic carbocycles. The molecule has 0 amide bonds. The molecule has 0 rings (SSSR count). The highest BCUT2D eigenvalue weighted by molar-refractivity contribution is 5.71. The molecule has 0 heterocycles. The van der Waals surface area contributed by atoms with Crippen LogP contribution >= 0.6 is 0 Å². The first-order chi connectivity index (χ1) is 23.0. The monoisotopic (exact) mass is 659 g/mol. The second kappa shape index (κ2) is 36.2. The molecule has 270 valence electrons. The van der Waals surface area contributed by atoms with Gasteiger partial charge in [0, 0.05) is 19.3 Å². The van der Waals surface area contributed by atoms with Crippen LogP contribution in [0.15, 0.2) is 48.6 Å². The highest BCUT2D eigenvalue weighted by Crippen LogP contribution is 2.12. The highest BCUT2D eigenvalue weighted by Gasteiger charge is 2.19. The van der Waals surface area contributed by atoms with Crippen LogP contribution in [0.1, 0.15) is 175 Å². The summed E-state index contributed by atoms with van der Waals surface area (Å²) < 4.78 is 16.5. The van der Waals surface area contributed by atoms with Crippen molar-refractivity contribution in [2.75, 3.05) is 13.2 Å². The Hall–Kier alpha value is -2.63. The molecule has 1 atom stereocenters. The largest absolute Gasteiger partial charge is 0.462 e. The van der Waals surface area contributed by atoms with Crippen LogP contribution in [0.2, 0.25) is 0 Å². The van der Waals surface area contributed by atoms with Gasteiger partial charge in [-0.15, -0.1) is 0 Å². The summed E-state index contributed by atoms with van der Waals surface area (Å²) in [7, 11) is 0. The molecule has 0 aliphatic heterocycles. The van der Waals surface area contributed by atoms with Crippen LogP contribution in [0.4, 0.5) is 0 Å². The number of carbonyl (C=O) groups is 3. The Morgan fingerprint density at radius 2 is 0.851 bits per heavy atom. The maximum absolute atomic E-state index is 12.5. The average Bonchev–Trinajstić information content (AvgIpc) is 3.06. The first-order valence-electron chi connectivity index (χ1n) is 19.1. The fraction of sp³-hybridized carbons (Fsp3) is 0.732. The number of ether oxygens (including phenoxy) is 3. The van der Waals surface area contributed by atoms with Crippen LogP contribution < -0.4 is 0 Å². The second-order valence-corrected chi connectivity index (χ2v) is 12.5. The maximum atomic E-state index is 12.5. The lowest BCUT2D eigenvalue weighted by atomic mass is 10.1. The quantitative estimate of drug-likeness (QED) is 0.0302. The van der Waals surface area contributed by atoms with Gasteiger partial charge in [-0.1, -0.05) is 140 Å². The number of unbranched alkanes of at least 4 members (excludes halogenated alkanes) is 14. The van der Waals surface area contributed by atoms with Crippen molar-refractivity contribution in [2.24, 2.45) is 0 Å². The van der Waals surface area contributed by atoms with Crippen LogP contribution in [0, 0.1) is 0 Å². The fourth-order valence-electron chi connectivity index (χ4n) is 4.94. The van der Waals surface area contributed by atoms with E-state index in [-0.39, 0.29) is 44.0 Å². The van der Waals surface area contributed by atoms with Crippen LogP contribution in [0.25, 0.3) is 0 Å². The lowest BCUT2D eigenvalue weighted by molar-refractivity contribution is -0.167. The Bertz CT molecular complexity index is 856. The predicted molar refractivity (Wildman–Crippen MR) is 196 cm³/mol. The van der Waals surface area contributed by atoms with Crippen molar-refractivity contribution >= 4 is 17.9 Å². The van der Waals surface area contributed by atoms with E-state index < -0.39 is 6.10 Å². The zero-order valence-electron chi connectivity index (χ0n) is 30.5. The molecule has 1 unspecified atom stereocenters. The first kappa shape index (κ1) is 44.4. The second-order valence-electron chi connectivity index (χ2n) is 12.5. The molecule has 0 aliphatic carbocycles. The SMILES string of the molecule is CC/C=C\C/C=C\C/C=C\CCCC(=O)OCC(COC(=O)CCCCCCCCCCC)OC(=O)CCC/C=C\CCCCCC. The third-order valence-corrected chi connectivity index (χ3v) is 7.82. The van der Waals surface area contributed by atoms with Crippen LogP contribution in [-0.4, -0.2) is 37.2 Å². The highest BCUT2D eigenvalue weighted by atomic mass is 16.6. The molecule has 0 aliphatic rings. The normalized spacial score (nSPS) is 12.5. The van der Waals surface area contributed by atoms with E-state index >= 15 is 0 Å². The maximum Gasteiger partial charge on any atom is 0.306 e. The van der Waals surface area contributed by atoms with E-state index in [1.165, 1.54) is 64.2 Å². The molecule has 0 fully saturated rings. The lowest BCUT2D eigenvalue weighted by Gasteiger charge is -2.18. The van der Waals surface area contributed by atoms with Gasteiger partial charge in [0.05, 0.1) is 0 Å². The minimum atomic E-state index is -0.800. The van der Waals surface area contributed by atoms with E-state index in [1.807, 2.05) is 0 Å². The summed E-state index contributed by atoms with van der Waals surface area (Å²) in [5.41, 5.74) is 0. The van der Waals surface area contributed by atoms with Crippen molar-refractivity contribution in [1.82, 2.24) is 0 Å². The number of hydrogen-bond acceptors (Lipinski definition) is 6. The smallest absolute Gasteiger partial charge is 0.306 e. The molecule has 0 saturated heterocycles. The van der Waals surface area contributed by atoms with E-state index in [4.69, 9.17) is 14.2 Å². The zero-order chi connectivity index (χ0) is 34.5. The molecule has 0 spiro atoms. The first-order valence-corrected chi connectivity index (χ1v) is 19.1. The Labute approximate surface area is 288 Å². The minimum absolute atomic E-state index is 0.0998. The molecule has 0 saturated carbocycles. The number of rotatable bonds is 33. The molecule has 6 heteroatoms. The Kier molecular flexibility index (Phi) is 34.2. The van der Waals surface area contributed by atoms with Crippen molar-refractivity contribution in [2.45, 2.75) is 181 Å². The third kappa shape index (κ3) is 34.5. The van der Waals surface area contributed by atoms with E-state index in [1.54, 1.807) is 0 Å². The molecule has 0 aromatic heterocycles. The number of allylic oxidation sites excluding steroid dienone is 8. The molecule has 0 radical (unpaired) electrons. The van der Waals surface area contributed by atoms with Gasteiger partial charge in [-0.3, -0.25) is 14.4 Å². The van der Waals surface area contributed by atoms with Gasteiger partial charge < -0.3 is 14.2 Å². The van der Waals surface area contributed by atoms with Gasteiger partial charge in [-0.2, -0.15) is 0 Å². The summed E-state index contributed by atoms with van der Waals surface area (Å²) in [4.78, 5) is 37.3. The number of esters is 3. The molecule has 0 bridgehead atoms. The van der Waals surface area contributed by atoms with Gasteiger partial charge in [-0.05, 0) is 64.2 Å². The van der Waals surface area contributed by atoms with Crippen LogP contribution in [0.5, 0.6) is 0 Å². The lowest BCUT2D eigenvalue weighted by Crippen LogP contribution is -2.30. The van der Waals surface area contributed by atoms with Crippen molar-refractivity contribution in [1.29, 1.82) is 0 Å². The van der Waals surface area contributed by atoms with Gasteiger partial charge in [-0.25, -0.2) is 0 Å². The molecule has 0 aromatic rings. The van der Waals surface area contributed by atoms with Crippen molar-refractivity contribution in [3.05, 3.63) is 48.6 Å². The summed E-state index contributed by atoms with van der Waals surface area (Å²) in [6.07, 6.45) is 39.7. The van der Waals surface area contributed by atoms with Gasteiger partial charge in [0.15, 0.2) is 6.10 Å². The van der Waals surface area contributed by atoms with E-state index in [0.717, 1.165) is 57.8 Å². The standard InChI is InChI=1S/C41H70O6/c1-4-7-10-13-16-19-20-23-25-28-31-34-40(43)46-37-38(47-41(44)35-32-29-26-22-18-15-12-9-6-3)36-45-39(42)33-30-27-24-21-17-14-11-8-5-2/h7,10,16,19,22-23,25-26,38H,4-6,8-9,11-15,17-18,20-21,24,27-37H2,1-3H3/b10-7-,19-16-,25-23-,26-22-. The Morgan fingerprint density at radius 3 is 1.40 bits per heavy atom. The molecular weight excluding hydrogens is 588 g/mol. The van der Waals surface area contributed by atoms with Crippen LogP contribution in [-0.2, 0) is 28.6 Å². The molecular formula is C41H70O6. The zero-order valence-corrected chi connectivity index (χ0v) is 30.5. The Balaban J connectivity index is 4.49. The molecule has 6 nitrogen and oxygen atoms in total. The molecule has 0 N–H and O–H groups in total. The third-order valence-electron chi connectivity index (χ3n) is 7.82. The van der Waals surface area contributed by atoms with Gasteiger partial charge >= 0.3 is 17.9 Å². The summed E-state index contributed by atoms with van der Waals surface area (Å²) in [6.45, 7) is 6.35. The predicted octanol–water partition coefficient (Wildman–Crippen LogP) is 11.6. The van der Waals surface area contributed by atoms with Crippen molar-refractivity contribution in [3.63, 3.8) is 0 Å².